The minimum Gasteiger partial charge on any atom is -0.366 e. The topological polar surface area (TPSA) is 116 Å². The molecular formula is C18H17N5O2S. The molecule has 3 rings (SSSR count). The van der Waals surface area contributed by atoms with Crippen molar-refractivity contribution in [2.24, 2.45) is 5.73 Å². The molecule has 1 aromatic heterocycles. The van der Waals surface area contributed by atoms with Crippen LogP contribution in [0.4, 0.5) is 5.69 Å². The third-order valence-electron chi connectivity index (χ3n) is 3.57. The van der Waals surface area contributed by atoms with Crippen LogP contribution >= 0.6 is 11.8 Å². The highest BCUT2D eigenvalue weighted by Crippen LogP contribution is 2.23. The van der Waals surface area contributed by atoms with Crippen molar-refractivity contribution in [3.63, 3.8) is 0 Å². The minimum atomic E-state index is -0.599. The van der Waals surface area contributed by atoms with Gasteiger partial charge in [0.05, 0.1) is 28.9 Å². The Morgan fingerprint density at radius 3 is 2.50 bits per heavy atom. The minimum absolute atomic E-state index is 0.0928. The Labute approximate surface area is 154 Å². The summed E-state index contributed by atoms with van der Waals surface area (Å²) in [6.45, 7) is 0. The normalized spacial score (nSPS) is 10.5. The fraction of sp³-hybridized carbons (Fsp3) is 0.0556. The lowest BCUT2D eigenvalue weighted by atomic mass is 10.1. The van der Waals surface area contributed by atoms with E-state index >= 15 is 0 Å². The van der Waals surface area contributed by atoms with Gasteiger partial charge in [0, 0.05) is 5.56 Å². The number of carbonyl (C=O) groups is 2. The summed E-state index contributed by atoms with van der Waals surface area (Å²) < 4.78 is 1.39. The summed E-state index contributed by atoms with van der Waals surface area (Å²) in [6.07, 6.45) is 1.71. The zero-order valence-electron chi connectivity index (χ0n) is 13.8. The molecule has 0 unspecified atom stereocenters. The van der Waals surface area contributed by atoms with E-state index in [1.54, 1.807) is 30.5 Å². The number of para-hydroxylation sites is 1. The summed E-state index contributed by atoms with van der Waals surface area (Å²) >= 11 is 1.20. The lowest BCUT2D eigenvalue weighted by molar-refractivity contribution is -0.113. The Balaban J connectivity index is 1.65. The lowest BCUT2D eigenvalue weighted by Crippen LogP contribution is -2.19. The second-order valence-corrected chi connectivity index (χ2v) is 6.37. The van der Waals surface area contributed by atoms with E-state index in [9.17, 15) is 9.59 Å². The van der Waals surface area contributed by atoms with Crippen molar-refractivity contribution < 1.29 is 9.59 Å². The molecule has 0 atom stereocenters. The first kappa shape index (κ1) is 17.6. The van der Waals surface area contributed by atoms with Crippen molar-refractivity contribution in [3.05, 3.63) is 66.4 Å². The van der Waals surface area contributed by atoms with Gasteiger partial charge < -0.3 is 16.9 Å². The van der Waals surface area contributed by atoms with Gasteiger partial charge in [-0.3, -0.25) is 9.59 Å². The van der Waals surface area contributed by atoms with Gasteiger partial charge in [-0.25, -0.2) is 9.66 Å². The molecule has 0 radical (unpaired) electrons. The van der Waals surface area contributed by atoms with Crippen LogP contribution in [0.25, 0.3) is 11.3 Å². The van der Waals surface area contributed by atoms with Crippen LogP contribution in [-0.2, 0) is 4.79 Å². The predicted octanol–water partition coefficient (Wildman–Crippen LogP) is 2.09. The second-order valence-electron chi connectivity index (χ2n) is 5.43. The van der Waals surface area contributed by atoms with Crippen molar-refractivity contribution in [2.45, 2.75) is 5.16 Å². The molecule has 8 heteroatoms. The number of hydrogen-bond acceptors (Lipinski definition) is 5. The third-order valence-corrected chi connectivity index (χ3v) is 4.53. The van der Waals surface area contributed by atoms with Crippen molar-refractivity contribution in [2.75, 3.05) is 16.9 Å². The summed E-state index contributed by atoms with van der Waals surface area (Å²) in [7, 11) is 0. The van der Waals surface area contributed by atoms with E-state index in [1.807, 2.05) is 30.3 Å². The summed E-state index contributed by atoms with van der Waals surface area (Å²) in [6, 6.07) is 16.2. The number of aromatic nitrogens is 2. The number of thioether (sulfide) groups is 1. The van der Waals surface area contributed by atoms with Crippen LogP contribution in [-0.4, -0.2) is 27.2 Å². The van der Waals surface area contributed by atoms with E-state index < -0.39 is 5.91 Å². The Morgan fingerprint density at radius 2 is 1.77 bits per heavy atom. The summed E-state index contributed by atoms with van der Waals surface area (Å²) in [5, 5.41) is 3.20. The maximum atomic E-state index is 12.2. The van der Waals surface area contributed by atoms with Gasteiger partial charge in [0.1, 0.15) is 0 Å². The molecule has 0 saturated carbocycles. The van der Waals surface area contributed by atoms with Crippen LogP contribution in [0, 0.1) is 0 Å². The van der Waals surface area contributed by atoms with Crippen molar-refractivity contribution in [1.29, 1.82) is 0 Å². The Hall–Kier alpha value is -3.26. The number of primary amides is 1. The number of nitrogens with two attached hydrogens (primary N) is 2. The van der Waals surface area contributed by atoms with Crippen LogP contribution in [0.5, 0.6) is 0 Å². The molecule has 0 aliphatic carbocycles. The first-order valence-electron chi connectivity index (χ1n) is 7.76. The average Bonchev–Trinajstić information content (AvgIpc) is 3.02. The highest BCUT2D eigenvalue weighted by Gasteiger charge is 2.13. The number of anilines is 1. The number of carbonyl (C=O) groups excluding carboxylic acids is 2. The SMILES string of the molecule is NC(=O)c1ccccc1NC(=O)CSc1nc(-c2ccccc2)cn1N. The molecule has 0 aliphatic rings. The Morgan fingerprint density at radius 1 is 1.08 bits per heavy atom. The van der Waals surface area contributed by atoms with Crippen molar-refractivity contribution in [1.82, 2.24) is 9.66 Å². The monoisotopic (exact) mass is 367 g/mol. The number of hydrogen-bond donors (Lipinski definition) is 3. The van der Waals surface area contributed by atoms with Crippen LogP contribution in [0.15, 0.2) is 66.0 Å². The van der Waals surface area contributed by atoms with E-state index in [-0.39, 0.29) is 17.2 Å². The van der Waals surface area contributed by atoms with Gasteiger partial charge >= 0.3 is 0 Å². The van der Waals surface area contributed by atoms with Gasteiger partial charge in [0.25, 0.3) is 5.91 Å². The quantitative estimate of drug-likeness (QED) is 0.456. The zero-order valence-corrected chi connectivity index (χ0v) is 14.6. The first-order chi connectivity index (χ1) is 12.5. The van der Waals surface area contributed by atoms with Gasteiger partial charge in [-0.1, -0.05) is 54.2 Å². The van der Waals surface area contributed by atoms with Gasteiger partial charge in [0.2, 0.25) is 5.91 Å². The molecular weight excluding hydrogens is 350 g/mol. The molecule has 0 aliphatic heterocycles. The predicted molar refractivity (Wildman–Crippen MR) is 102 cm³/mol. The fourth-order valence-electron chi connectivity index (χ4n) is 2.35. The molecule has 3 aromatic rings. The molecule has 0 bridgehead atoms. The van der Waals surface area contributed by atoms with Crippen LogP contribution < -0.4 is 16.9 Å². The van der Waals surface area contributed by atoms with E-state index in [4.69, 9.17) is 11.6 Å². The summed E-state index contributed by atoms with van der Waals surface area (Å²) in [4.78, 5) is 28.0. The van der Waals surface area contributed by atoms with Crippen LogP contribution in [0.3, 0.4) is 0 Å². The van der Waals surface area contributed by atoms with Crippen LogP contribution in [0.1, 0.15) is 10.4 Å². The molecule has 132 valence electrons. The maximum absolute atomic E-state index is 12.2. The molecule has 0 fully saturated rings. The number of nitrogens with zero attached hydrogens (tertiary/aromatic N) is 2. The number of amides is 2. The largest absolute Gasteiger partial charge is 0.366 e. The molecule has 2 aromatic carbocycles. The van der Waals surface area contributed by atoms with Gasteiger partial charge in [0.15, 0.2) is 5.16 Å². The van der Waals surface area contributed by atoms with Gasteiger partial charge in [-0.15, -0.1) is 0 Å². The fourth-order valence-corrected chi connectivity index (χ4v) is 3.05. The molecule has 5 N–H and O–H groups in total. The standard InChI is InChI=1S/C18H17N5O2S/c19-17(25)13-8-4-5-9-14(13)21-16(24)11-26-18-22-15(10-23(18)20)12-6-2-1-3-7-12/h1-10H,11,20H2,(H2,19,25)(H,21,24). The molecule has 0 spiro atoms. The smallest absolute Gasteiger partial charge is 0.250 e. The number of benzene rings is 2. The number of nitrogens with one attached hydrogen (secondary N) is 1. The summed E-state index contributed by atoms with van der Waals surface area (Å²) in [5.41, 5.74) is 7.63. The van der Waals surface area contributed by atoms with Gasteiger partial charge in [-0.05, 0) is 12.1 Å². The maximum Gasteiger partial charge on any atom is 0.250 e. The van der Waals surface area contributed by atoms with E-state index in [1.165, 1.54) is 16.4 Å². The second kappa shape index (κ2) is 7.75. The lowest BCUT2D eigenvalue weighted by Gasteiger charge is -2.08. The van der Waals surface area contributed by atoms with Crippen molar-refractivity contribution >= 4 is 29.3 Å². The number of imidazole rings is 1. The van der Waals surface area contributed by atoms with E-state index in [0.717, 1.165) is 11.3 Å². The summed E-state index contributed by atoms with van der Waals surface area (Å²) in [5.74, 6) is 5.13. The van der Waals surface area contributed by atoms with Gasteiger partial charge in [-0.2, -0.15) is 0 Å². The molecule has 26 heavy (non-hydrogen) atoms. The Kier molecular flexibility index (Phi) is 5.23. The number of rotatable bonds is 6. The molecule has 7 nitrogen and oxygen atoms in total. The molecule has 0 saturated heterocycles. The van der Waals surface area contributed by atoms with Crippen molar-refractivity contribution in [3.8, 4) is 11.3 Å². The average molecular weight is 367 g/mol. The molecule has 2 amide bonds. The highest BCUT2D eigenvalue weighted by atomic mass is 32.2. The number of nitrogen functional groups attached to an aromatic ring is 1. The Bertz CT molecular complexity index is 940. The van der Waals surface area contributed by atoms with E-state index in [2.05, 4.69) is 10.3 Å². The molecule has 1 heterocycles. The van der Waals surface area contributed by atoms with E-state index in [0.29, 0.717) is 10.8 Å². The van der Waals surface area contributed by atoms with Crippen LogP contribution in [0.2, 0.25) is 0 Å². The third kappa shape index (κ3) is 4.04. The first-order valence-corrected chi connectivity index (χ1v) is 8.74. The highest BCUT2D eigenvalue weighted by molar-refractivity contribution is 7.99. The zero-order chi connectivity index (χ0) is 18.5.